The summed E-state index contributed by atoms with van der Waals surface area (Å²) >= 11 is 0. The average Bonchev–Trinajstić information content (AvgIpc) is 2.62. The van der Waals surface area contributed by atoms with Crippen molar-refractivity contribution in [3.8, 4) is 5.75 Å². The van der Waals surface area contributed by atoms with Crippen LogP contribution in [0.15, 0.2) is 24.3 Å². The zero-order valence-corrected chi connectivity index (χ0v) is 7.90. The number of rotatable bonds is 3. The van der Waals surface area contributed by atoms with Gasteiger partial charge in [0.25, 0.3) is 0 Å². The topological polar surface area (TPSA) is 47.6 Å². The van der Waals surface area contributed by atoms with Crippen molar-refractivity contribution >= 4 is 6.09 Å². The zero-order valence-electron chi connectivity index (χ0n) is 7.90. The number of halogens is 1. The highest BCUT2D eigenvalue weighted by Crippen LogP contribution is 2.12. The Morgan fingerprint density at radius 3 is 3.13 bits per heavy atom. The van der Waals surface area contributed by atoms with Crippen LogP contribution in [0.25, 0.3) is 0 Å². The quantitative estimate of drug-likeness (QED) is 0.820. The molecule has 0 spiro atoms. The molecule has 80 valence electrons. The molecule has 1 fully saturated rings. The predicted molar refractivity (Wildman–Crippen MR) is 50.2 cm³/mol. The van der Waals surface area contributed by atoms with Crippen LogP contribution in [0.3, 0.4) is 0 Å². The summed E-state index contributed by atoms with van der Waals surface area (Å²) in [6.45, 7) is 0.559. The smallest absolute Gasteiger partial charge is 0.407 e. The number of amides is 1. The predicted octanol–water partition coefficient (Wildman–Crippen LogP) is 1.31. The monoisotopic (exact) mass is 211 g/mol. The van der Waals surface area contributed by atoms with E-state index < -0.39 is 6.09 Å². The Balaban J connectivity index is 1.85. The minimum Gasteiger partial charge on any atom is -0.491 e. The lowest BCUT2D eigenvalue weighted by Gasteiger charge is -2.09. The SMILES string of the molecule is O=C1NC(COc2cccc(F)c2)CO1. The van der Waals surface area contributed by atoms with E-state index in [-0.39, 0.29) is 25.1 Å². The standard InChI is InChI=1S/C10H10FNO3/c11-7-2-1-3-9(4-7)14-5-8-6-15-10(13)12-8/h1-4,8H,5-6H2,(H,12,13). The van der Waals surface area contributed by atoms with E-state index in [1.54, 1.807) is 12.1 Å². The maximum Gasteiger partial charge on any atom is 0.407 e. The third kappa shape index (κ3) is 2.59. The fraction of sp³-hybridized carbons (Fsp3) is 0.300. The van der Waals surface area contributed by atoms with Crippen LogP contribution in [0.4, 0.5) is 9.18 Å². The van der Waals surface area contributed by atoms with Crippen molar-refractivity contribution < 1.29 is 18.7 Å². The van der Waals surface area contributed by atoms with Crippen molar-refractivity contribution in [1.82, 2.24) is 5.32 Å². The van der Waals surface area contributed by atoms with Crippen LogP contribution in [0, 0.1) is 5.82 Å². The van der Waals surface area contributed by atoms with Crippen molar-refractivity contribution in [1.29, 1.82) is 0 Å². The fourth-order valence-electron chi connectivity index (χ4n) is 1.27. The van der Waals surface area contributed by atoms with E-state index in [4.69, 9.17) is 4.74 Å². The summed E-state index contributed by atoms with van der Waals surface area (Å²) < 4.78 is 22.7. The molecule has 0 radical (unpaired) electrons. The summed E-state index contributed by atoms with van der Waals surface area (Å²) in [7, 11) is 0. The Bertz CT molecular complexity index is 369. The molecule has 1 aromatic rings. The molecule has 1 N–H and O–H groups in total. The first-order valence-electron chi connectivity index (χ1n) is 4.56. The second-order valence-corrected chi connectivity index (χ2v) is 3.21. The molecular weight excluding hydrogens is 201 g/mol. The van der Waals surface area contributed by atoms with Crippen LogP contribution in [0.1, 0.15) is 0 Å². The normalized spacial score (nSPS) is 19.5. The summed E-state index contributed by atoms with van der Waals surface area (Å²) in [5, 5.41) is 2.56. The van der Waals surface area contributed by atoms with Gasteiger partial charge < -0.3 is 14.8 Å². The van der Waals surface area contributed by atoms with Gasteiger partial charge in [0.1, 0.15) is 30.8 Å². The van der Waals surface area contributed by atoms with E-state index in [0.717, 1.165) is 0 Å². The second-order valence-electron chi connectivity index (χ2n) is 3.21. The van der Waals surface area contributed by atoms with Crippen molar-refractivity contribution in [3.63, 3.8) is 0 Å². The van der Waals surface area contributed by atoms with Crippen molar-refractivity contribution in [2.75, 3.05) is 13.2 Å². The number of cyclic esters (lactones) is 1. The van der Waals surface area contributed by atoms with Crippen LogP contribution in [-0.2, 0) is 4.74 Å². The average molecular weight is 211 g/mol. The van der Waals surface area contributed by atoms with Gasteiger partial charge in [0.15, 0.2) is 0 Å². The molecule has 5 heteroatoms. The number of benzene rings is 1. The van der Waals surface area contributed by atoms with Crippen LogP contribution in [0.5, 0.6) is 5.75 Å². The highest BCUT2D eigenvalue weighted by atomic mass is 19.1. The molecule has 1 amide bonds. The van der Waals surface area contributed by atoms with Gasteiger partial charge in [0, 0.05) is 6.07 Å². The van der Waals surface area contributed by atoms with Gasteiger partial charge in [-0.1, -0.05) is 6.07 Å². The summed E-state index contributed by atoms with van der Waals surface area (Å²) in [5.74, 6) is 0.0929. The molecule has 1 unspecified atom stereocenters. The van der Waals surface area contributed by atoms with Gasteiger partial charge in [0.2, 0.25) is 0 Å². The second kappa shape index (κ2) is 4.16. The molecule has 1 aliphatic rings. The highest BCUT2D eigenvalue weighted by molar-refractivity contribution is 5.69. The number of carbonyl (C=O) groups excluding carboxylic acids is 1. The molecule has 1 aromatic carbocycles. The summed E-state index contributed by atoms with van der Waals surface area (Å²) in [6, 6.07) is 5.68. The van der Waals surface area contributed by atoms with E-state index in [2.05, 4.69) is 10.1 Å². The van der Waals surface area contributed by atoms with Crippen LogP contribution >= 0.6 is 0 Å². The lowest BCUT2D eigenvalue weighted by molar-refractivity contribution is 0.174. The molecule has 0 aliphatic carbocycles. The number of nitrogens with one attached hydrogen (secondary N) is 1. The first-order valence-corrected chi connectivity index (χ1v) is 4.56. The minimum absolute atomic E-state index is 0.166. The van der Waals surface area contributed by atoms with Crippen molar-refractivity contribution in [2.45, 2.75) is 6.04 Å². The number of carbonyl (C=O) groups is 1. The lowest BCUT2D eigenvalue weighted by atomic mass is 10.3. The molecule has 4 nitrogen and oxygen atoms in total. The Morgan fingerprint density at radius 1 is 1.60 bits per heavy atom. The number of ether oxygens (including phenoxy) is 2. The first kappa shape index (κ1) is 9.76. The number of hydrogen-bond donors (Lipinski definition) is 1. The van der Waals surface area contributed by atoms with Crippen LogP contribution in [0.2, 0.25) is 0 Å². The highest BCUT2D eigenvalue weighted by Gasteiger charge is 2.22. The molecule has 1 saturated heterocycles. The lowest BCUT2D eigenvalue weighted by Crippen LogP contribution is -2.32. The summed E-state index contributed by atoms with van der Waals surface area (Å²) in [4.78, 5) is 10.7. The summed E-state index contributed by atoms with van der Waals surface area (Å²) in [5.41, 5.74) is 0. The molecule has 1 aliphatic heterocycles. The van der Waals surface area contributed by atoms with Crippen LogP contribution < -0.4 is 10.1 Å². The maximum absolute atomic E-state index is 12.8. The van der Waals surface area contributed by atoms with Crippen LogP contribution in [-0.4, -0.2) is 25.3 Å². The van der Waals surface area contributed by atoms with Gasteiger partial charge in [-0.2, -0.15) is 0 Å². The number of alkyl carbamates (subject to hydrolysis) is 1. The number of hydrogen-bond acceptors (Lipinski definition) is 3. The van der Waals surface area contributed by atoms with E-state index >= 15 is 0 Å². The zero-order chi connectivity index (χ0) is 10.7. The third-order valence-electron chi connectivity index (χ3n) is 1.98. The van der Waals surface area contributed by atoms with Gasteiger partial charge in [-0.15, -0.1) is 0 Å². The molecule has 1 atom stereocenters. The molecule has 15 heavy (non-hydrogen) atoms. The Labute approximate surface area is 86.0 Å². The summed E-state index contributed by atoms with van der Waals surface area (Å²) in [6.07, 6.45) is -0.442. The van der Waals surface area contributed by atoms with Gasteiger partial charge in [-0.3, -0.25) is 0 Å². The molecule has 0 bridgehead atoms. The van der Waals surface area contributed by atoms with E-state index in [1.165, 1.54) is 12.1 Å². The Kier molecular flexibility index (Phi) is 2.71. The Hall–Kier alpha value is -1.78. The first-order chi connectivity index (χ1) is 7.24. The fourth-order valence-corrected chi connectivity index (χ4v) is 1.27. The van der Waals surface area contributed by atoms with Gasteiger partial charge in [0.05, 0.1) is 0 Å². The molecule has 0 saturated carbocycles. The minimum atomic E-state index is -0.442. The van der Waals surface area contributed by atoms with Crippen molar-refractivity contribution in [3.05, 3.63) is 30.1 Å². The van der Waals surface area contributed by atoms with E-state index in [9.17, 15) is 9.18 Å². The van der Waals surface area contributed by atoms with Gasteiger partial charge >= 0.3 is 6.09 Å². The maximum atomic E-state index is 12.8. The molecule has 1 heterocycles. The largest absolute Gasteiger partial charge is 0.491 e. The molecule has 0 aromatic heterocycles. The van der Waals surface area contributed by atoms with E-state index in [1.807, 2.05) is 0 Å². The van der Waals surface area contributed by atoms with Crippen molar-refractivity contribution in [2.24, 2.45) is 0 Å². The third-order valence-corrected chi connectivity index (χ3v) is 1.98. The Morgan fingerprint density at radius 2 is 2.47 bits per heavy atom. The van der Waals surface area contributed by atoms with Gasteiger partial charge in [-0.25, -0.2) is 9.18 Å². The molecule has 2 rings (SSSR count). The van der Waals surface area contributed by atoms with E-state index in [0.29, 0.717) is 5.75 Å². The van der Waals surface area contributed by atoms with Gasteiger partial charge in [-0.05, 0) is 12.1 Å². The molecular formula is C10H10FNO3.